The second kappa shape index (κ2) is 7.83. The fraction of sp³-hybridized carbons (Fsp3) is 0.222. The van der Waals surface area contributed by atoms with E-state index in [0.717, 1.165) is 17.2 Å². The molecule has 0 aliphatic carbocycles. The van der Waals surface area contributed by atoms with Gasteiger partial charge in [0.05, 0.1) is 5.69 Å². The summed E-state index contributed by atoms with van der Waals surface area (Å²) in [6.45, 7) is 3.05. The normalized spacial score (nSPS) is 10.4. The molecule has 0 saturated carbocycles. The molecule has 1 N–H and O–H groups in total. The third kappa shape index (κ3) is 4.59. The minimum atomic E-state index is -1.67. The Morgan fingerprint density at radius 2 is 1.72 bits per heavy atom. The van der Waals surface area contributed by atoms with Gasteiger partial charge in [-0.2, -0.15) is 0 Å². The highest BCUT2D eigenvalue weighted by Gasteiger charge is 2.18. The highest BCUT2D eigenvalue weighted by atomic mass is 19.2. The van der Waals surface area contributed by atoms with Crippen LogP contribution in [0, 0.1) is 24.4 Å². The van der Waals surface area contributed by atoms with Crippen molar-refractivity contribution in [1.82, 2.24) is 4.90 Å². The molecule has 0 spiro atoms. The average Bonchev–Trinajstić information content (AvgIpc) is 2.56. The van der Waals surface area contributed by atoms with E-state index >= 15 is 0 Å². The summed E-state index contributed by atoms with van der Waals surface area (Å²) in [7, 11) is 0. The molecule has 7 heteroatoms. The second-order valence-electron chi connectivity index (χ2n) is 5.57. The van der Waals surface area contributed by atoms with Crippen LogP contribution in [0.3, 0.4) is 0 Å². The highest BCUT2D eigenvalue weighted by Crippen LogP contribution is 2.19. The lowest BCUT2D eigenvalue weighted by atomic mass is 10.1. The molecule has 0 unspecified atom stereocenters. The summed E-state index contributed by atoms with van der Waals surface area (Å²) >= 11 is 0. The Kier molecular flexibility index (Phi) is 5.80. The van der Waals surface area contributed by atoms with Crippen molar-refractivity contribution in [2.75, 3.05) is 11.9 Å². The van der Waals surface area contributed by atoms with Crippen molar-refractivity contribution in [3.05, 3.63) is 65.0 Å². The quantitative estimate of drug-likeness (QED) is 0.841. The van der Waals surface area contributed by atoms with E-state index < -0.39 is 29.0 Å². The Morgan fingerprint density at radius 3 is 2.36 bits per heavy atom. The number of aryl methyl sites for hydroxylation is 1. The van der Waals surface area contributed by atoms with E-state index in [9.17, 15) is 22.8 Å². The van der Waals surface area contributed by atoms with Crippen molar-refractivity contribution in [1.29, 1.82) is 0 Å². The van der Waals surface area contributed by atoms with E-state index in [2.05, 4.69) is 5.32 Å². The minimum Gasteiger partial charge on any atom is -0.329 e. The number of benzene rings is 2. The van der Waals surface area contributed by atoms with Crippen molar-refractivity contribution < 1.29 is 22.8 Å². The van der Waals surface area contributed by atoms with Crippen LogP contribution in [-0.4, -0.2) is 23.3 Å². The topological polar surface area (TPSA) is 49.4 Å². The van der Waals surface area contributed by atoms with Crippen LogP contribution in [0.15, 0.2) is 36.4 Å². The van der Waals surface area contributed by atoms with Gasteiger partial charge in [-0.25, -0.2) is 13.2 Å². The number of rotatable bonds is 5. The van der Waals surface area contributed by atoms with Crippen LogP contribution in [0.4, 0.5) is 18.9 Å². The van der Waals surface area contributed by atoms with E-state index in [1.54, 1.807) is 0 Å². The largest absolute Gasteiger partial charge is 0.329 e. The number of hydrogen-bond donors (Lipinski definition) is 1. The van der Waals surface area contributed by atoms with Crippen LogP contribution in [0.25, 0.3) is 0 Å². The molecule has 4 nitrogen and oxygen atoms in total. The van der Waals surface area contributed by atoms with E-state index in [4.69, 9.17) is 0 Å². The average molecular weight is 350 g/mol. The Balaban J connectivity index is 2.10. The van der Waals surface area contributed by atoms with Gasteiger partial charge in [0.1, 0.15) is 6.54 Å². The van der Waals surface area contributed by atoms with Crippen molar-refractivity contribution in [2.24, 2.45) is 0 Å². The summed E-state index contributed by atoms with van der Waals surface area (Å²) in [4.78, 5) is 25.1. The molecular weight excluding hydrogens is 333 g/mol. The first-order valence-corrected chi connectivity index (χ1v) is 7.53. The van der Waals surface area contributed by atoms with Crippen LogP contribution in [0.5, 0.6) is 0 Å². The van der Waals surface area contributed by atoms with E-state index in [-0.39, 0.29) is 19.0 Å². The zero-order valence-electron chi connectivity index (χ0n) is 13.8. The van der Waals surface area contributed by atoms with E-state index in [0.29, 0.717) is 6.07 Å². The first kappa shape index (κ1) is 18.5. The first-order chi connectivity index (χ1) is 11.8. The summed E-state index contributed by atoms with van der Waals surface area (Å²) in [5.41, 5.74) is 1.34. The van der Waals surface area contributed by atoms with Gasteiger partial charge in [-0.15, -0.1) is 0 Å². The van der Waals surface area contributed by atoms with Crippen LogP contribution < -0.4 is 5.32 Å². The molecule has 0 bridgehead atoms. The third-order valence-corrected chi connectivity index (χ3v) is 3.71. The molecule has 0 fully saturated rings. The van der Waals surface area contributed by atoms with Gasteiger partial charge in [-0.1, -0.05) is 24.3 Å². The van der Waals surface area contributed by atoms with Gasteiger partial charge in [-0.05, 0) is 30.2 Å². The molecule has 2 rings (SSSR count). The monoisotopic (exact) mass is 350 g/mol. The molecule has 0 aromatic heterocycles. The summed E-state index contributed by atoms with van der Waals surface area (Å²) in [6, 6.07) is 9.02. The first-order valence-electron chi connectivity index (χ1n) is 7.53. The standard InChI is InChI=1S/C18H17F3N2O2/c1-11-5-3-4-6-13(11)9-23(12(2)24)10-16(25)22-15-8-7-14(19)17(20)18(15)21/h3-8H,9-10H2,1-2H3,(H,22,25). The molecule has 0 saturated heterocycles. The predicted octanol–water partition coefficient (Wildman–Crippen LogP) is 3.40. The van der Waals surface area contributed by atoms with E-state index in [1.807, 2.05) is 31.2 Å². The van der Waals surface area contributed by atoms with Gasteiger partial charge < -0.3 is 10.2 Å². The third-order valence-electron chi connectivity index (χ3n) is 3.71. The Bertz CT molecular complexity index is 809. The summed E-state index contributed by atoms with van der Waals surface area (Å²) in [5.74, 6) is -5.55. The van der Waals surface area contributed by atoms with Crippen molar-refractivity contribution in [2.45, 2.75) is 20.4 Å². The predicted molar refractivity (Wildman–Crippen MR) is 87.2 cm³/mol. The molecule has 2 aromatic carbocycles. The second-order valence-corrected chi connectivity index (χ2v) is 5.57. The number of nitrogens with one attached hydrogen (secondary N) is 1. The van der Waals surface area contributed by atoms with Crippen LogP contribution in [0.1, 0.15) is 18.1 Å². The number of halogens is 3. The molecule has 25 heavy (non-hydrogen) atoms. The fourth-order valence-corrected chi connectivity index (χ4v) is 2.26. The number of nitrogens with zero attached hydrogens (tertiary/aromatic N) is 1. The van der Waals surface area contributed by atoms with Crippen molar-refractivity contribution in [3.8, 4) is 0 Å². The highest BCUT2D eigenvalue weighted by molar-refractivity contribution is 5.94. The van der Waals surface area contributed by atoms with Crippen molar-refractivity contribution >= 4 is 17.5 Å². The lowest BCUT2D eigenvalue weighted by Crippen LogP contribution is -2.36. The zero-order valence-corrected chi connectivity index (χ0v) is 13.8. The van der Waals surface area contributed by atoms with Crippen molar-refractivity contribution in [3.63, 3.8) is 0 Å². The van der Waals surface area contributed by atoms with Crippen LogP contribution in [0.2, 0.25) is 0 Å². The molecule has 0 heterocycles. The molecule has 0 aliphatic heterocycles. The minimum absolute atomic E-state index is 0.204. The SMILES string of the molecule is CC(=O)N(CC(=O)Nc1ccc(F)c(F)c1F)Cc1ccccc1C. The number of carbonyl (C=O) groups is 2. The maximum atomic E-state index is 13.6. The number of carbonyl (C=O) groups excluding carboxylic acids is 2. The van der Waals surface area contributed by atoms with Crippen LogP contribution >= 0.6 is 0 Å². The lowest BCUT2D eigenvalue weighted by molar-refractivity contribution is -0.133. The summed E-state index contributed by atoms with van der Waals surface area (Å²) < 4.78 is 39.7. The summed E-state index contributed by atoms with van der Waals surface area (Å²) in [6.07, 6.45) is 0. The smallest absolute Gasteiger partial charge is 0.244 e. The number of amides is 2. The molecule has 2 aromatic rings. The molecule has 2 amide bonds. The summed E-state index contributed by atoms with van der Waals surface area (Å²) in [5, 5.41) is 2.15. The van der Waals surface area contributed by atoms with Gasteiger partial charge >= 0.3 is 0 Å². The molecule has 0 aliphatic rings. The van der Waals surface area contributed by atoms with Gasteiger partial charge in [-0.3, -0.25) is 9.59 Å². The lowest BCUT2D eigenvalue weighted by Gasteiger charge is -2.21. The molecular formula is C18H17F3N2O2. The molecule has 0 atom stereocenters. The fourth-order valence-electron chi connectivity index (χ4n) is 2.26. The maximum absolute atomic E-state index is 13.6. The molecule has 0 radical (unpaired) electrons. The zero-order chi connectivity index (χ0) is 18.6. The van der Waals surface area contributed by atoms with E-state index in [1.165, 1.54) is 11.8 Å². The maximum Gasteiger partial charge on any atom is 0.244 e. The van der Waals surface area contributed by atoms with Gasteiger partial charge in [0.15, 0.2) is 17.5 Å². The Morgan fingerprint density at radius 1 is 1.04 bits per heavy atom. The number of anilines is 1. The van der Waals surface area contributed by atoms with Crippen LogP contribution in [-0.2, 0) is 16.1 Å². The molecule has 132 valence electrons. The number of hydrogen-bond acceptors (Lipinski definition) is 2. The van der Waals surface area contributed by atoms with Gasteiger partial charge in [0.25, 0.3) is 0 Å². The Labute approximate surface area is 143 Å². The van der Waals surface area contributed by atoms with Gasteiger partial charge in [0, 0.05) is 13.5 Å². The van der Waals surface area contributed by atoms with Gasteiger partial charge in [0.2, 0.25) is 11.8 Å². The Hall–Kier alpha value is -2.83.